The maximum atomic E-state index is 8.13. The molecule has 0 amide bonds. The molecule has 1 heterocycles. The number of benzene rings is 2. The molecule has 0 saturated heterocycles. The summed E-state index contributed by atoms with van der Waals surface area (Å²) in [6, 6.07) is 16.6. The van der Waals surface area contributed by atoms with Crippen molar-refractivity contribution in [2.45, 2.75) is 25.2 Å². The molecule has 0 bridgehead atoms. The number of aryl methyl sites for hydroxylation is 1. The van der Waals surface area contributed by atoms with Gasteiger partial charge in [0.25, 0.3) is 0 Å². The summed E-state index contributed by atoms with van der Waals surface area (Å²) >= 11 is 0. The molecule has 1 unspecified atom stereocenters. The molecule has 0 aromatic heterocycles. The van der Waals surface area contributed by atoms with Gasteiger partial charge in [-0.05, 0) is 41.7 Å². The van der Waals surface area contributed by atoms with Gasteiger partial charge in [-0.15, -0.1) is 0 Å². The van der Waals surface area contributed by atoms with Gasteiger partial charge in [0.05, 0.1) is 7.11 Å². The maximum Gasteiger partial charge on any atom is 0.188 e. The molecule has 0 saturated carbocycles. The molecule has 0 fully saturated rings. The second-order valence-corrected chi connectivity index (χ2v) is 6.07. The minimum absolute atomic E-state index is 0.227. The van der Waals surface area contributed by atoms with E-state index in [1.54, 1.807) is 7.11 Å². The molecule has 0 radical (unpaired) electrons. The van der Waals surface area contributed by atoms with E-state index in [9.17, 15) is 0 Å². The van der Waals surface area contributed by atoms with E-state index in [-0.39, 0.29) is 5.92 Å². The Morgan fingerprint density at radius 1 is 1.04 bits per heavy atom. The topological polar surface area (TPSA) is 42.3 Å². The van der Waals surface area contributed by atoms with Gasteiger partial charge in [-0.1, -0.05) is 36.4 Å². The Labute approximate surface area is 136 Å². The third kappa shape index (κ3) is 2.42. The van der Waals surface area contributed by atoms with Crippen molar-refractivity contribution in [3.63, 3.8) is 0 Å². The number of nitrogens with one attached hydrogen (secondary N) is 1. The van der Waals surface area contributed by atoms with Crippen LogP contribution in [0.4, 0.5) is 0 Å². The lowest BCUT2D eigenvalue weighted by Gasteiger charge is -2.33. The fourth-order valence-corrected chi connectivity index (χ4v) is 3.60. The second kappa shape index (κ2) is 5.58. The maximum absolute atomic E-state index is 8.13. The predicted molar refractivity (Wildman–Crippen MR) is 90.8 cm³/mol. The van der Waals surface area contributed by atoms with Gasteiger partial charge in [0.15, 0.2) is 5.90 Å². The molecule has 0 spiro atoms. The number of allylic oxidation sites excluding steroid dienone is 1. The standard InChI is InChI=1S/C20H19NO2/c1-22-15-9-6-14(7-10-15)18-12-19(21)23-20-16-5-3-2-4-13(16)8-11-17(18)20/h2-7,9-10,18,21H,8,11-12H2,1H3. The van der Waals surface area contributed by atoms with Crippen LogP contribution >= 0.6 is 0 Å². The molecule has 3 nitrogen and oxygen atoms in total. The van der Waals surface area contributed by atoms with E-state index < -0.39 is 0 Å². The zero-order valence-corrected chi connectivity index (χ0v) is 13.1. The summed E-state index contributed by atoms with van der Waals surface area (Å²) in [4.78, 5) is 0. The first kappa shape index (κ1) is 14.1. The van der Waals surface area contributed by atoms with Crippen LogP contribution in [0.1, 0.15) is 35.4 Å². The molecule has 23 heavy (non-hydrogen) atoms. The molecule has 4 rings (SSSR count). The number of ether oxygens (including phenoxy) is 2. The molecule has 3 heteroatoms. The van der Waals surface area contributed by atoms with Gasteiger partial charge < -0.3 is 9.47 Å². The van der Waals surface area contributed by atoms with Gasteiger partial charge in [0, 0.05) is 17.9 Å². The highest BCUT2D eigenvalue weighted by atomic mass is 16.5. The van der Waals surface area contributed by atoms with Crippen LogP contribution in [0.5, 0.6) is 5.75 Å². The minimum atomic E-state index is 0.227. The second-order valence-electron chi connectivity index (χ2n) is 6.07. The molecule has 1 aliphatic carbocycles. The third-order valence-electron chi connectivity index (χ3n) is 4.77. The average molecular weight is 305 g/mol. The Hall–Kier alpha value is -2.55. The summed E-state index contributed by atoms with van der Waals surface area (Å²) in [5.74, 6) is 2.34. The lowest BCUT2D eigenvalue weighted by molar-refractivity contribution is 0.414. The lowest BCUT2D eigenvalue weighted by atomic mass is 9.78. The highest BCUT2D eigenvalue weighted by molar-refractivity contribution is 5.87. The van der Waals surface area contributed by atoms with Crippen molar-refractivity contribution in [1.29, 1.82) is 5.41 Å². The number of hydrogen-bond donors (Lipinski definition) is 1. The zero-order valence-electron chi connectivity index (χ0n) is 13.1. The van der Waals surface area contributed by atoms with Crippen molar-refractivity contribution in [3.05, 3.63) is 70.8 Å². The number of fused-ring (bicyclic) bond motifs is 2. The first-order valence-corrected chi connectivity index (χ1v) is 7.97. The molecule has 2 aromatic rings. The van der Waals surface area contributed by atoms with Crippen LogP contribution in [0.3, 0.4) is 0 Å². The number of methoxy groups -OCH3 is 1. The fraction of sp³-hybridized carbons (Fsp3) is 0.250. The molecule has 116 valence electrons. The smallest absolute Gasteiger partial charge is 0.188 e. The monoisotopic (exact) mass is 305 g/mol. The molecular weight excluding hydrogens is 286 g/mol. The van der Waals surface area contributed by atoms with Crippen molar-refractivity contribution in [2.24, 2.45) is 0 Å². The fourth-order valence-electron chi connectivity index (χ4n) is 3.60. The normalized spacial score (nSPS) is 19.7. The van der Waals surface area contributed by atoms with Crippen LogP contribution in [0, 0.1) is 5.41 Å². The molecule has 2 aromatic carbocycles. The first-order chi connectivity index (χ1) is 11.3. The van der Waals surface area contributed by atoms with E-state index in [2.05, 4.69) is 30.3 Å². The van der Waals surface area contributed by atoms with Crippen molar-refractivity contribution >= 4 is 11.7 Å². The molecule has 1 atom stereocenters. The quantitative estimate of drug-likeness (QED) is 0.885. The number of rotatable bonds is 2. The summed E-state index contributed by atoms with van der Waals surface area (Å²) in [6.45, 7) is 0. The van der Waals surface area contributed by atoms with Crippen LogP contribution in [-0.2, 0) is 11.2 Å². The van der Waals surface area contributed by atoms with E-state index in [1.165, 1.54) is 16.7 Å². The Bertz CT molecular complexity index is 790. The SMILES string of the molecule is COc1ccc(C2CC(=N)OC3=C2CCc2ccccc23)cc1. The molecule has 1 aliphatic heterocycles. The lowest BCUT2D eigenvalue weighted by Crippen LogP contribution is -2.23. The van der Waals surface area contributed by atoms with Crippen molar-refractivity contribution in [1.82, 2.24) is 0 Å². The van der Waals surface area contributed by atoms with Gasteiger partial charge >= 0.3 is 0 Å². The van der Waals surface area contributed by atoms with Crippen LogP contribution < -0.4 is 4.74 Å². The van der Waals surface area contributed by atoms with Crippen molar-refractivity contribution < 1.29 is 9.47 Å². The van der Waals surface area contributed by atoms with Crippen LogP contribution in [-0.4, -0.2) is 13.0 Å². The van der Waals surface area contributed by atoms with Gasteiger partial charge in [0.2, 0.25) is 0 Å². The van der Waals surface area contributed by atoms with Gasteiger partial charge in [0.1, 0.15) is 11.5 Å². The number of hydrogen-bond acceptors (Lipinski definition) is 3. The minimum Gasteiger partial charge on any atom is -0.497 e. The van der Waals surface area contributed by atoms with E-state index in [1.807, 2.05) is 18.2 Å². The van der Waals surface area contributed by atoms with Crippen molar-refractivity contribution in [2.75, 3.05) is 7.11 Å². The first-order valence-electron chi connectivity index (χ1n) is 7.97. The van der Waals surface area contributed by atoms with Crippen LogP contribution in [0.2, 0.25) is 0 Å². The Morgan fingerprint density at radius 2 is 1.83 bits per heavy atom. The average Bonchev–Trinajstić information content (AvgIpc) is 2.61. The van der Waals surface area contributed by atoms with E-state index in [0.717, 1.165) is 29.9 Å². The Kier molecular flexibility index (Phi) is 3.41. The van der Waals surface area contributed by atoms with Gasteiger partial charge in [-0.3, -0.25) is 5.41 Å². The van der Waals surface area contributed by atoms with Crippen molar-refractivity contribution in [3.8, 4) is 5.75 Å². The third-order valence-corrected chi connectivity index (χ3v) is 4.77. The van der Waals surface area contributed by atoms with E-state index in [4.69, 9.17) is 14.9 Å². The van der Waals surface area contributed by atoms with E-state index in [0.29, 0.717) is 12.3 Å². The Morgan fingerprint density at radius 3 is 2.61 bits per heavy atom. The Balaban J connectivity index is 1.80. The van der Waals surface area contributed by atoms with Crippen LogP contribution in [0.25, 0.3) is 5.76 Å². The predicted octanol–water partition coefficient (Wildman–Crippen LogP) is 4.53. The summed E-state index contributed by atoms with van der Waals surface area (Å²) in [5, 5.41) is 8.13. The summed E-state index contributed by atoms with van der Waals surface area (Å²) < 4.78 is 11.1. The summed E-state index contributed by atoms with van der Waals surface area (Å²) in [7, 11) is 1.68. The molecular formula is C20H19NO2. The highest BCUT2D eigenvalue weighted by Crippen LogP contribution is 2.44. The van der Waals surface area contributed by atoms with Gasteiger partial charge in [-0.25, -0.2) is 0 Å². The summed E-state index contributed by atoms with van der Waals surface area (Å²) in [6.07, 6.45) is 2.67. The largest absolute Gasteiger partial charge is 0.497 e. The zero-order chi connectivity index (χ0) is 15.8. The van der Waals surface area contributed by atoms with Crippen LogP contribution in [0.15, 0.2) is 54.1 Å². The summed E-state index contributed by atoms with van der Waals surface area (Å²) in [5.41, 5.74) is 5.02. The molecule has 2 aliphatic rings. The highest BCUT2D eigenvalue weighted by Gasteiger charge is 2.32. The molecule has 1 N–H and O–H groups in total. The van der Waals surface area contributed by atoms with Gasteiger partial charge in [-0.2, -0.15) is 0 Å². The van der Waals surface area contributed by atoms with E-state index >= 15 is 0 Å².